The van der Waals surface area contributed by atoms with Crippen LogP contribution in [0.1, 0.15) is 54.3 Å². The molecule has 0 spiro atoms. The fourth-order valence-electron chi connectivity index (χ4n) is 5.90. The van der Waals surface area contributed by atoms with Crippen LogP contribution in [0, 0.1) is 5.92 Å². The number of carbonyl (C=O) groups is 1. The van der Waals surface area contributed by atoms with Gasteiger partial charge in [-0.05, 0) is 50.5 Å². The molecule has 3 aliphatic rings. The predicted molar refractivity (Wildman–Crippen MR) is 126 cm³/mol. The Labute approximate surface area is 198 Å². The summed E-state index contributed by atoms with van der Waals surface area (Å²) in [6, 6.07) is 13.3. The van der Waals surface area contributed by atoms with Gasteiger partial charge in [0, 0.05) is 42.5 Å². The molecular formula is C27H29N3O4. The van der Waals surface area contributed by atoms with Crippen LogP contribution < -0.4 is 4.74 Å². The van der Waals surface area contributed by atoms with Crippen molar-refractivity contribution in [3.63, 3.8) is 0 Å². The molecule has 176 valence electrons. The number of fused-ring (bicyclic) bond motifs is 4. The van der Waals surface area contributed by atoms with Crippen molar-refractivity contribution in [1.82, 2.24) is 14.5 Å². The largest absolute Gasteiger partial charge is 0.504 e. The van der Waals surface area contributed by atoms with E-state index in [2.05, 4.69) is 4.98 Å². The highest BCUT2D eigenvalue weighted by molar-refractivity contribution is 5.94. The quantitative estimate of drug-likeness (QED) is 0.636. The fourth-order valence-corrected chi connectivity index (χ4v) is 5.90. The maximum Gasteiger partial charge on any atom is 0.254 e. The number of carbonyl (C=O) groups excluding carboxylic acids is 1. The van der Waals surface area contributed by atoms with Crippen LogP contribution in [0.5, 0.6) is 11.5 Å². The molecule has 0 unspecified atom stereocenters. The molecule has 2 saturated heterocycles. The number of amides is 1. The third-order valence-electron chi connectivity index (χ3n) is 7.61. The molecule has 4 heterocycles. The summed E-state index contributed by atoms with van der Waals surface area (Å²) in [4.78, 5) is 19.7. The summed E-state index contributed by atoms with van der Waals surface area (Å²) < 4.78 is 14.9. The first kappa shape index (κ1) is 21.2. The summed E-state index contributed by atoms with van der Waals surface area (Å²) in [6.45, 7) is 5.44. The van der Waals surface area contributed by atoms with Gasteiger partial charge in [0.15, 0.2) is 11.5 Å². The van der Waals surface area contributed by atoms with Gasteiger partial charge in [0.2, 0.25) is 0 Å². The van der Waals surface area contributed by atoms with Crippen LogP contribution in [0.2, 0.25) is 0 Å². The molecule has 3 aromatic rings. The van der Waals surface area contributed by atoms with Gasteiger partial charge in [0.1, 0.15) is 5.60 Å². The van der Waals surface area contributed by atoms with E-state index in [0.29, 0.717) is 24.4 Å². The van der Waals surface area contributed by atoms with Crippen LogP contribution in [0.4, 0.5) is 0 Å². The topological polar surface area (TPSA) is 76.8 Å². The molecule has 1 aromatic heterocycles. The van der Waals surface area contributed by atoms with Crippen molar-refractivity contribution in [2.75, 3.05) is 6.54 Å². The highest BCUT2D eigenvalue weighted by Crippen LogP contribution is 2.54. The highest BCUT2D eigenvalue weighted by atomic mass is 16.5. The minimum absolute atomic E-state index is 0.00721. The van der Waals surface area contributed by atoms with E-state index >= 15 is 0 Å². The van der Waals surface area contributed by atoms with Gasteiger partial charge in [0.25, 0.3) is 5.91 Å². The van der Waals surface area contributed by atoms with Crippen molar-refractivity contribution >= 4 is 5.91 Å². The molecule has 0 saturated carbocycles. The van der Waals surface area contributed by atoms with Gasteiger partial charge in [-0.3, -0.25) is 4.79 Å². The molecule has 7 nitrogen and oxygen atoms in total. The van der Waals surface area contributed by atoms with Gasteiger partial charge >= 0.3 is 0 Å². The van der Waals surface area contributed by atoms with Crippen LogP contribution in [-0.4, -0.2) is 49.8 Å². The fraction of sp³-hybridized carbons (Fsp3) is 0.407. The first-order valence-electron chi connectivity index (χ1n) is 11.9. The zero-order chi connectivity index (χ0) is 23.4. The van der Waals surface area contributed by atoms with E-state index in [9.17, 15) is 9.90 Å². The number of aromatic hydroxyl groups is 1. The Balaban J connectivity index is 1.25. The lowest BCUT2D eigenvalue weighted by Crippen LogP contribution is -2.54. The Hall–Kier alpha value is -3.32. The maximum atomic E-state index is 13.6. The number of aromatic nitrogens is 2. The second-order valence-corrected chi connectivity index (χ2v) is 10.1. The first-order valence-corrected chi connectivity index (χ1v) is 11.9. The average molecular weight is 460 g/mol. The van der Waals surface area contributed by atoms with Crippen LogP contribution in [0.15, 0.2) is 61.2 Å². The normalized spacial score (nSPS) is 26.8. The Bertz CT molecular complexity index is 1220. The van der Waals surface area contributed by atoms with Crippen LogP contribution in [-0.2, 0) is 11.3 Å². The van der Waals surface area contributed by atoms with Crippen molar-refractivity contribution < 1.29 is 19.4 Å². The van der Waals surface area contributed by atoms with Gasteiger partial charge in [-0.1, -0.05) is 24.3 Å². The molecule has 2 aromatic carbocycles. The number of imidazole rings is 1. The van der Waals surface area contributed by atoms with Crippen molar-refractivity contribution in [2.24, 2.45) is 5.92 Å². The molecular weight excluding hydrogens is 430 g/mol. The molecule has 0 aliphatic carbocycles. The average Bonchev–Trinajstić information content (AvgIpc) is 3.48. The maximum absolute atomic E-state index is 13.6. The third-order valence-corrected chi connectivity index (χ3v) is 7.61. The summed E-state index contributed by atoms with van der Waals surface area (Å²) in [5.41, 5.74) is 2.15. The SMILES string of the molecule is CC1(C)Oc2c(O)cccc2[C@H]2O[C@H]3CCN(C(=O)c4cccc(Cn5ccnc5)c4)[C@H]3C[C@@H]21. The molecule has 6 rings (SSSR count). The van der Waals surface area contributed by atoms with E-state index < -0.39 is 5.60 Å². The number of ether oxygens (including phenoxy) is 2. The molecule has 34 heavy (non-hydrogen) atoms. The minimum Gasteiger partial charge on any atom is -0.504 e. The summed E-state index contributed by atoms with van der Waals surface area (Å²) >= 11 is 0. The van der Waals surface area contributed by atoms with E-state index in [1.165, 1.54) is 0 Å². The van der Waals surface area contributed by atoms with Gasteiger partial charge in [-0.15, -0.1) is 0 Å². The van der Waals surface area contributed by atoms with Gasteiger partial charge in [-0.2, -0.15) is 0 Å². The molecule has 0 radical (unpaired) electrons. The molecule has 2 fully saturated rings. The predicted octanol–water partition coefficient (Wildman–Crippen LogP) is 4.17. The van der Waals surface area contributed by atoms with Crippen LogP contribution in [0.3, 0.4) is 0 Å². The van der Waals surface area contributed by atoms with Crippen LogP contribution in [0.25, 0.3) is 0 Å². The Kier molecular flexibility index (Phi) is 4.92. The number of benzene rings is 2. The molecule has 7 heteroatoms. The monoisotopic (exact) mass is 459 g/mol. The second-order valence-electron chi connectivity index (χ2n) is 10.1. The number of hydrogen-bond donors (Lipinski definition) is 1. The number of hydrogen-bond acceptors (Lipinski definition) is 5. The summed E-state index contributed by atoms with van der Waals surface area (Å²) in [7, 11) is 0. The number of nitrogens with zero attached hydrogens (tertiary/aromatic N) is 3. The van der Waals surface area contributed by atoms with Crippen molar-refractivity contribution in [2.45, 2.75) is 57.1 Å². The van der Waals surface area contributed by atoms with Crippen molar-refractivity contribution in [1.29, 1.82) is 0 Å². The summed E-state index contributed by atoms with van der Waals surface area (Å²) in [5, 5.41) is 10.4. The number of likely N-dealkylation sites (tertiary alicyclic amines) is 1. The third kappa shape index (κ3) is 3.46. The highest BCUT2D eigenvalue weighted by Gasteiger charge is 2.54. The molecule has 1 N–H and O–H groups in total. The molecule has 0 bridgehead atoms. The zero-order valence-electron chi connectivity index (χ0n) is 19.4. The lowest BCUT2D eigenvalue weighted by Gasteiger charge is -2.50. The van der Waals surface area contributed by atoms with Crippen molar-refractivity contribution in [3.8, 4) is 11.5 Å². The van der Waals surface area contributed by atoms with Gasteiger partial charge in [0.05, 0.1) is 24.6 Å². The number of para-hydroxylation sites is 1. The lowest BCUT2D eigenvalue weighted by molar-refractivity contribution is -0.160. The van der Waals surface area contributed by atoms with E-state index in [0.717, 1.165) is 24.0 Å². The van der Waals surface area contributed by atoms with Gasteiger partial charge < -0.3 is 24.0 Å². The number of phenolic OH excluding ortho intramolecular Hbond substituents is 1. The zero-order valence-corrected chi connectivity index (χ0v) is 19.4. The lowest BCUT2D eigenvalue weighted by atomic mass is 9.74. The van der Waals surface area contributed by atoms with E-state index in [1.807, 2.05) is 65.9 Å². The second kappa shape index (κ2) is 7.87. The smallest absolute Gasteiger partial charge is 0.254 e. The molecule has 3 aliphatic heterocycles. The summed E-state index contributed by atoms with van der Waals surface area (Å²) in [5.74, 6) is 0.792. The Morgan fingerprint density at radius 3 is 2.91 bits per heavy atom. The molecule has 4 atom stereocenters. The van der Waals surface area contributed by atoms with E-state index in [-0.39, 0.29) is 35.8 Å². The minimum atomic E-state index is -0.524. The van der Waals surface area contributed by atoms with Crippen molar-refractivity contribution in [3.05, 3.63) is 77.9 Å². The summed E-state index contributed by atoms with van der Waals surface area (Å²) in [6.07, 6.45) is 6.89. The first-order chi connectivity index (χ1) is 16.4. The Morgan fingerprint density at radius 1 is 1.24 bits per heavy atom. The van der Waals surface area contributed by atoms with E-state index in [4.69, 9.17) is 9.47 Å². The number of rotatable bonds is 3. The van der Waals surface area contributed by atoms with E-state index in [1.54, 1.807) is 18.6 Å². The Morgan fingerprint density at radius 2 is 2.09 bits per heavy atom. The van der Waals surface area contributed by atoms with Gasteiger partial charge in [-0.25, -0.2) is 4.98 Å². The molecule has 1 amide bonds. The standard InChI is InChI=1S/C27H29N3O4/c1-27(2)20-14-21-23(33-24(20)19-7-4-8-22(31)25(19)34-27)9-11-30(21)26(32)18-6-3-5-17(13-18)15-29-12-10-28-16-29/h3-8,10,12-13,16,20-21,23-24,31H,9,11,14-15H2,1-2H3/t20-,21-,23-,24+/m0/s1. The van der Waals surface area contributed by atoms with Crippen LogP contribution >= 0.6 is 0 Å². The number of phenols is 1.